The number of nitrogens with one attached hydrogen (secondary N) is 2. The summed E-state index contributed by atoms with van der Waals surface area (Å²) >= 11 is 0. The molecule has 0 spiro atoms. The standard InChI is InChI=1S/C13H29N3O/c1-5-12(6-2)11-16-13(14-4)15-9-8-10-17-7-3/h12H,5-11H2,1-4H3,(H2,14,15,16). The van der Waals surface area contributed by atoms with Gasteiger partial charge in [-0.3, -0.25) is 4.99 Å². The van der Waals surface area contributed by atoms with Crippen LogP contribution in [-0.4, -0.2) is 39.3 Å². The van der Waals surface area contributed by atoms with E-state index in [4.69, 9.17) is 4.74 Å². The highest BCUT2D eigenvalue weighted by molar-refractivity contribution is 5.79. The quantitative estimate of drug-likeness (QED) is 0.370. The smallest absolute Gasteiger partial charge is 0.190 e. The van der Waals surface area contributed by atoms with Crippen LogP contribution in [0.15, 0.2) is 4.99 Å². The van der Waals surface area contributed by atoms with Crippen LogP contribution < -0.4 is 10.6 Å². The van der Waals surface area contributed by atoms with Crippen molar-refractivity contribution < 1.29 is 4.74 Å². The van der Waals surface area contributed by atoms with Crippen LogP contribution in [-0.2, 0) is 4.74 Å². The van der Waals surface area contributed by atoms with Gasteiger partial charge in [-0.05, 0) is 19.3 Å². The summed E-state index contributed by atoms with van der Waals surface area (Å²) in [5.41, 5.74) is 0. The van der Waals surface area contributed by atoms with E-state index in [0.29, 0.717) is 0 Å². The molecule has 0 fully saturated rings. The van der Waals surface area contributed by atoms with Gasteiger partial charge in [0.05, 0.1) is 0 Å². The van der Waals surface area contributed by atoms with Gasteiger partial charge in [0.15, 0.2) is 5.96 Å². The van der Waals surface area contributed by atoms with Crippen LogP contribution >= 0.6 is 0 Å². The fourth-order valence-corrected chi connectivity index (χ4v) is 1.56. The Morgan fingerprint density at radius 1 is 1.18 bits per heavy atom. The van der Waals surface area contributed by atoms with Gasteiger partial charge in [0.25, 0.3) is 0 Å². The van der Waals surface area contributed by atoms with Crippen molar-refractivity contribution in [2.75, 3.05) is 33.4 Å². The van der Waals surface area contributed by atoms with E-state index >= 15 is 0 Å². The second kappa shape index (κ2) is 11.7. The topological polar surface area (TPSA) is 45.6 Å². The number of nitrogens with zero attached hydrogens (tertiary/aromatic N) is 1. The van der Waals surface area contributed by atoms with Gasteiger partial charge in [0, 0.05) is 33.4 Å². The van der Waals surface area contributed by atoms with Crippen molar-refractivity contribution in [1.82, 2.24) is 10.6 Å². The lowest BCUT2D eigenvalue weighted by atomic mass is 10.0. The van der Waals surface area contributed by atoms with Crippen molar-refractivity contribution in [3.63, 3.8) is 0 Å². The summed E-state index contributed by atoms with van der Waals surface area (Å²) in [6.45, 7) is 9.99. The van der Waals surface area contributed by atoms with Crippen LogP contribution in [0.2, 0.25) is 0 Å². The maximum absolute atomic E-state index is 5.28. The van der Waals surface area contributed by atoms with Crippen molar-refractivity contribution in [3.8, 4) is 0 Å². The molecule has 0 aromatic carbocycles. The summed E-state index contributed by atoms with van der Waals surface area (Å²) in [4.78, 5) is 4.20. The van der Waals surface area contributed by atoms with Crippen molar-refractivity contribution >= 4 is 5.96 Å². The van der Waals surface area contributed by atoms with Gasteiger partial charge in [0.1, 0.15) is 0 Å². The molecule has 0 aliphatic carbocycles. The number of ether oxygens (including phenoxy) is 1. The Kier molecular flexibility index (Phi) is 11.2. The minimum atomic E-state index is 0.733. The Labute approximate surface area is 106 Å². The molecule has 0 amide bonds. The third-order valence-corrected chi connectivity index (χ3v) is 2.90. The summed E-state index contributed by atoms with van der Waals surface area (Å²) in [6.07, 6.45) is 3.44. The highest BCUT2D eigenvalue weighted by atomic mass is 16.5. The normalized spacial score (nSPS) is 11.9. The summed E-state index contributed by atoms with van der Waals surface area (Å²) < 4.78 is 5.28. The van der Waals surface area contributed by atoms with Gasteiger partial charge in [-0.15, -0.1) is 0 Å². The van der Waals surface area contributed by atoms with E-state index in [-0.39, 0.29) is 0 Å². The van der Waals surface area contributed by atoms with E-state index in [1.807, 2.05) is 14.0 Å². The van der Waals surface area contributed by atoms with Crippen LogP contribution in [0, 0.1) is 5.92 Å². The predicted molar refractivity (Wildman–Crippen MR) is 74.5 cm³/mol. The van der Waals surface area contributed by atoms with Gasteiger partial charge in [-0.2, -0.15) is 0 Å². The van der Waals surface area contributed by atoms with E-state index in [1.165, 1.54) is 12.8 Å². The predicted octanol–water partition coefficient (Wildman–Crippen LogP) is 2.01. The molecule has 0 atom stereocenters. The fraction of sp³-hybridized carbons (Fsp3) is 0.923. The molecule has 0 aromatic heterocycles. The highest BCUT2D eigenvalue weighted by Gasteiger charge is 2.04. The van der Waals surface area contributed by atoms with Crippen LogP contribution in [0.5, 0.6) is 0 Å². The number of rotatable bonds is 9. The molecular weight excluding hydrogens is 214 g/mol. The van der Waals surface area contributed by atoms with E-state index < -0.39 is 0 Å². The molecule has 0 unspecified atom stereocenters. The second-order valence-electron chi connectivity index (χ2n) is 4.11. The SMILES string of the molecule is CCOCCCNC(=NC)NCC(CC)CC. The maximum Gasteiger partial charge on any atom is 0.190 e. The zero-order valence-electron chi connectivity index (χ0n) is 11.9. The Morgan fingerprint density at radius 2 is 1.88 bits per heavy atom. The molecular formula is C13H29N3O. The van der Waals surface area contributed by atoms with Crippen LogP contribution in [0.3, 0.4) is 0 Å². The van der Waals surface area contributed by atoms with Gasteiger partial charge in [0.2, 0.25) is 0 Å². The lowest BCUT2D eigenvalue weighted by Gasteiger charge is -2.16. The van der Waals surface area contributed by atoms with Crippen LogP contribution in [0.25, 0.3) is 0 Å². The molecule has 0 rings (SSSR count). The summed E-state index contributed by atoms with van der Waals surface area (Å²) in [5.74, 6) is 1.63. The monoisotopic (exact) mass is 243 g/mol. The molecule has 4 nitrogen and oxygen atoms in total. The molecule has 17 heavy (non-hydrogen) atoms. The first-order valence-corrected chi connectivity index (χ1v) is 6.80. The molecule has 0 radical (unpaired) electrons. The zero-order valence-corrected chi connectivity index (χ0v) is 11.9. The molecule has 0 bridgehead atoms. The van der Waals surface area contributed by atoms with E-state index in [0.717, 1.165) is 44.6 Å². The fourth-order valence-electron chi connectivity index (χ4n) is 1.56. The number of aliphatic imine (C=N–C) groups is 1. The molecule has 102 valence electrons. The number of hydrogen-bond donors (Lipinski definition) is 2. The minimum absolute atomic E-state index is 0.733. The molecule has 0 saturated carbocycles. The molecule has 2 N–H and O–H groups in total. The van der Waals surface area contributed by atoms with Gasteiger partial charge >= 0.3 is 0 Å². The molecule has 0 aromatic rings. The minimum Gasteiger partial charge on any atom is -0.382 e. The third kappa shape index (κ3) is 8.98. The maximum atomic E-state index is 5.28. The van der Waals surface area contributed by atoms with Gasteiger partial charge in [-0.25, -0.2) is 0 Å². The Balaban J connectivity index is 3.63. The molecule has 0 aliphatic rings. The zero-order chi connectivity index (χ0) is 12.9. The van der Waals surface area contributed by atoms with Crippen LogP contribution in [0.4, 0.5) is 0 Å². The molecule has 0 aliphatic heterocycles. The van der Waals surface area contributed by atoms with E-state index in [2.05, 4.69) is 29.5 Å². The number of hydrogen-bond acceptors (Lipinski definition) is 2. The summed E-state index contributed by atoms with van der Waals surface area (Å²) in [7, 11) is 1.81. The third-order valence-electron chi connectivity index (χ3n) is 2.90. The first-order valence-electron chi connectivity index (χ1n) is 6.80. The molecule has 0 saturated heterocycles. The first-order chi connectivity index (χ1) is 8.28. The van der Waals surface area contributed by atoms with Gasteiger partial charge < -0.3 is 15.4 Å². The lowest BCUT2D eigenvalue weighted by molar-refractivity contribution is 0.145. The lowest BCUT2D eigenvalue weighted by Crippen LogP contribution is -2.40. The van der Waals surface area contributed by atoms with Crippen molar-refractivity contribution in [3.05, 3.63) is 0 Å². The molecule has 0 heterocycles. The second-order valence-corrected chi connectivity index (χ2v) is 4.11. The van der Waals surface area contributed by atoms with Crippen molar-refractivity contribution in [2.45, 2.75) is 40.0 Å². The van der Waals surface area contributed by atoms with E-state index in [9.17, 15) is 0 Å². The Morgan fingerprint density at radius 3 is 2.41 bits per heavy atom. The average molecular weight is 243 g/mol. The number of guanidine groups is 1. The van der Waals surface area contributed by atoms with Crippen molar-refractivity contribution in [2.24, 2.45) is 10.9 Å². The van der Waals surface area contributed by atoms with Crippen LogP contribution in [0.1, 0.15) is 40.0 Å². The Hall–Kier alpha value is -0.770. The highest BCUT2D eigenvalue weighted by Crippen LogP contribution is 2.04. The molecule has 4 heteroatoms. The Bertz CT molecular complexity index is 191. The summed E-state index contributed by atoms with van der Waals surface area (Å²) in [6, 6.07) is 0. The summed E-state index contributed by atoms with van der Waals surface area (Å²) in [5, 5.41) is 6.65. The van der Waals surface area contributed by atoms with E-state index in [1.54, 1.807) is 0 Å². The average Bonchev–Trinajstić information content (AvgIpc) is 2.37. The van der Waals surface area contributed by atoms with Crippen molar-refractivity contribution in [1.29, 1.82) is 0 Å². The van der Waals surface area contributed by atoms with Gasteiger partial charge in [-0.1, -0.05) is 26.7 Å². The largest absolute Gasteiger partial charge is 0.382 e. The first kappa shape index (κ1) is 16.2.